The molecule has 0 spiro atoms. The molecule has 7 heteroatoms. The number of aryl methyl sites for hydroxylation is 1. The van der Waals surface area contributed by atoms with E-state index in [4.69, 9.17) is 25.7 Å². The summed E-state index contributed by atoms with van der Waals surface area (Å²) in [7, 11) is 1.63. The summed E-state index contributed by atoms with van der Waals surface area (Å²) in [5.41, 5.74) is 4.98. The lowest BCUT2D eigenvalue weighted by atomic mass is 9.85. The molecule has 2 heterocycles. The highest BCUT2D eigenvalue weighted by atomic mass is 35.5. The number of Topliss-reactive ketones (excluding diaryl/α,β-unsaturated/α-hetero) is 1. The lowest BCUT2D eigenvalue weighted by molar-refractivity contribution is 0.0998. The van der Waals surface area contributed by atoms with Crippen LogP contribution in [0, 0.1) is 6.92 Å². The number of nitrogens with one attached hydrogen (secondary N) is 1. The van der Waals surface area contributed by atoms with Crippen molar-refractivity contribution in [3.8, 4) is 17.1 Å². The van der Waals surface area contributed by atoms with E-state index in [1.54, 1.807) is 56.5 Å². The number of amides is 1. The second-order valence-corrected chi connectivity index (χ2v) is 10.7. The molecule has 0 fully saturated rings. The van der Waals surface area contributed by atoms with Crippen LogP contribution in [0.2, 0.25) is 5.02 Å². The fraction of sp³-hybridized carbons (Fsp3) is 0.219. The van der Waals surface area contributed by atoms with Gasteiger partial charge in [0.1, 0.15) is 17.3 Å². The summed E-state index contributed by atoms with van der Waals surface area (Å²) in [6.45, 7) is 5.89. The highest BCUT2D eigenvalue weighted by Gasteiger charge is 2.28. The van der Waals surface area contributed by atoms with Crippen LogP contribution < -0.4 is 10.1 Å². The number of nitrogens with zero attached hydrogens (tertiary/aromatic N) is 1. The molecule has 1 N–H and O–H groups in total. The third kappa shape index (κ3) is 5.81. The van der Waals surface area contributed by atoms with Gasteiger partial charge in [-0.2, -0.15) is 0 Å². The number of ether oxygens (including phenoxy) is 1. The Morgan fingerprint density at radius 1 is 1.03 bits per heavy atom. The second kappa shape index (κ2) is 10.5. The predicted molar refractivity (Wildman–Crippen MR) is 155 cm³/mol. The van der Waals surface area contributed by atoms with Gasteiger partial charge in [0.25, 0.3) is 5.91 Å². The Kier molecular flexibility index (Phi) is 7.15. The molecule has 0 radical (unpaired) electrons. The number of hydrogen-bond donors (Lipinski definition) is 1. The molecule has 0 saturated heterocycles. The van der Waals surface area contributed by atoms with Crippen molar-refractivity contribution >= 4 is 34.7 Å². The average molecular weight is 541 g/mol. The summed E-state index contributed by atoms with van der Waals surface area (Å²) < 4.78 is 11.2. The number of fused-ring (bicyclic) bond motifs is 1. The normalized spacial score (nSPS) is 13.8. The Morgan fingerprint density at radius 3 is 2.44 bits per heavy atom. The first-order valence-electron chi connectivity index (χ1n) is 12.7. The minimum atomic E-state index is -0.292. The number of benzene rings is 3. The molecule has 5 rings (SSSR count). The zero-order chi connectivity index (χ0) is 27.7. The van der Waals surface area contributed by atoms with E-state index < -0.39 is 0 Å². The maximum Gasteiger partial charge on any atom is 0.259 e. The molecule has 1 amide bonds. The summed E-state index contributed by atoms with van der Waals surface area (Å²) in [6.07, 6.45) is 0.979. The predicted octanol–water partition coefficient (Wildman–Crippen LogP) is 7.57. The van der Waals surface area contributed by atoms with E-state index in [1.165, 1.54) is 0 Å². The van der Waals surface area contributed by atoms with Crippen molar-refractivity contribution in [1.82, 2.24) is 0 Å². The molecule has 3 aromatic carbocycles. The van der Waals surface area contributed by atoms with E-state index in [0.717, 1.165) is 34.6 Å². The van der Waals surface area contributed by atoms with Gasteiger partial charge in [-0.05, 0) is 99.5 Å². The molecular formula is C32H29ClN2O4. The third-order valence-electron chi connectivity index (χ3n) is 6.77. The van der Waals surface area contributed by atoms with Crippen molar-refractivity contribution in [3.63, 3.8) is 0 Å². The number of carbonyl (C=O) groups is 2. The van der Waals surface area contributed by atoms with E-state index in [1.807, 2.05) is 30.3 Å². The molecule has 0 atom stereocenters. The van der Waals surface area contributed by atoms with Crippen molar-refractivity contribution < 1.29 is 18.7 Å². The number of methoxy groups -OCH3 is 1. The van der Waals surface area contributed by atoms with Gasteiger partial charge in [-0.1, -0.05) is 17.7 Å². The van der Waals surface area contributed by atoms with Gasteiger partial charge in [0.15, 0.2) is 5.78 Å². The minimum absolute atomic E-state index is 0.0450. The molecule has 4 aromatic rings. The highest BCUT2D eigenvalue weighted by Crippen LogP contribution is 2.31. The quantitative estimate of drug-likeness (QED) is 0.245. The largest absolute Gasteiger partial charge is 0.497 e. The highest BCUT2D eigenvalue weighted by molar-refractivity contribution is 6.30. The first-order chi connectivity index (χ1) is 18.6. The first-order valence-corrected chi connectivity index (χ1v) is 13.1. The molecule has 0 unspecified atom stereocenters. The van der Waals surface area contributed by atoms with Crippen molar-refractivity contribution in [2.24, 2.45) is 4.99 Å². The SMILES string of the molecule is COc1ccc2c(c1)C(CC(=O)c1ccc(NC(=O)c3cc(-c4ccc(Cl)cc4)oc3C)cc1)=NC(C)(C)C2. The first kappa shape index (κ1) is 26.4. The molecule has 0 bridgehead atoms. The van der Waals surface area contributed by atoms with E-state index in [9.17, 15) is 9.59 Å². The van der Waals surface area contributed by atoms with Crippen LogP contribution in [0.15, 0.2) is 82.2 Å². The van der Waals surface area contributed by atoms with Gasteiger partial charge >= 0.3 is 0 Å². The Bertz CT molecular complexity index is 1580. The zero-order valence-corrected chi connectivity index (χ0v) is 23.1. The summed E-state index contributed by atoms with van der Waals surface area (Å²) in [6, 6.07) is 21.8. The standard InChI is InChI=1S/C32H29ClN2O4/c1-19-26(16-30(39-19)21-5-10-23(33)11-6-21)31(37)34-24-12-7-20(8-13-24)29(36)17-28-27-15-25(38-4)14-9-22(27)18-32(2,3)35-28/h5-16H,17-18H2,1-4H3,(H,34,37). The van der Waals surface area contributed by atoms with Gasteiger partial charge in [0.05, 0.1) is 30.3 Å². The minimum Gasteiger partial charge on any atom is -0.497 e. The molecule has 6 nitrogen and oxygen atoms in total. The molecule has 39 heavy (non-hydrogen) atoms. The van der Waals surface area contributed by atoms with Gasteiger partial charge < -0.3 is 14.5 Å². The van der Waals surface area contributed by atoms with Crippen LogP contribution in [-0.4, -0.2) is 30.1 Å². The van der Waals surface area contributed by atoms with Crippen molar-refractivity contribution in [1.29, 1.82) is 0 Å². The van der Waals surface area contributed by atoms with Crippen LogP contribution in [0.3, 0.4) is 0 Å². The van der Waals surface area contributed by atoms with E-state index >= 15 is 0 Å². The smallest absolute Gasteiger partial charge is 0.259 e. The number of anilines is 1. The molecule has 0 aliphatic carbocycles. The Labute approximate surface area is 232 Å². The maximum atomic E-state index is 13.2. The molecular weight excluding hydrogens is 512 g/mol. The molecule has 1 aliphatic heterocycles. The maximum absolute atomic E-state index is 13.2. The lowest BCUT2D eigenvalue weighted by Gasteiger charge is -2.29. The van der Waals surface area contributed by atoms with Gasteiger partial charge in [0.2, 0.25) is 0 Å². The van der Waals surface area contributed by atoms with Gasteiger partial charge in [0, 0.05) is 27.4 Å². The summed E-state index contributed by atoms with van der Waals surface area (Å²) in [5.74, 6) is 1.50. The van der Waals surface area contributed by atoms with Crippen LogP contribution in [0.4, 0.5) is 5.69 Å². The van der Waals surface area contributed by atoms with E-state index in [2.05, 4.69) is 19.2 Å². The number of rotatable bonds is 7. The van der Waals surface area contributed by atoms with Crippen LogP contribution >= 0.6 is 11.6 Å². The number of furan rings is 1. The van der Waals surface area contributed by atoms with Gasteiger partial charge in [-0.3, -0.25) is 14.6 Å². The fourth-order valence-electron chi connectivity index (χ4n) is 4.83. The topological polar surface area (TPSA) is 80.9 Å². The monoisotopic (exact) mass is 540 g/mol. The Morgan fingerprint density at radius 2 is 1.74 bits per heavy atom. The molecule has 198 valence electrons. The van der Waals surface area contributed by atoms with Crippen LogP contribution in [0.1, 0.15) is 57.9 Å². The van der Waals surface area contributed by atoms with Gasteiger partial charge in [-0.25, -0.2) is 0 Å². The van der Waals surface area contributed by atoms with Gasteiger partial charge in [-0.15, -0.1) is 0 Å². The number of aliphatic imine (C=N–C) groups is 1. The third-order valence-corrected chi connectivity index (χ3v) is 7.02. The summed E-state index contributed by atoms with van der Waals surface area (Å²) in [4.78, 5) is 31.1. The van der Waals surface area contributed by atoms with Crippen LogP contribution in [-0.2, 0) is 6.42 Å². The number of hydrogen-bond acceptors (Lipinski definition) is 5. The zero-order valence-electron chi connectivity index (χ0n) is 22.3. The van der Waals surface area contributed by atoms with Crippen LogP contribution in [0.5, 0.6) is 5.75 Å². The fourth-order valence-corrected chi connectivity index (χ4v) is 4.95. The number of carbonyl (C=O) groups excluding carboxylic acids is 2. The lowest BCUT2D eigenvalue weighted by Crippen LogP contribution is -2.30. The van der Waals surface area contributed by atoms with Crippen molar-refractivity contribution in [2.75, 3.05) is 12.4 Å². The van der Waals surface area contributed by atoms with E-state index in [0.29, 0.717) is 33.4 Å². The van der Waals surface area contributed by atoms with Crippen molar-refractivity contribution in [3.05, 3.63) is 106 Å². The number of ketones is 1. The Hall–Kier alpha value is -4.16. The second-order valence-electron chi connectivity index (χ2n) is 10.3. The molecule has 1 aromatic heterocycles. The number of halogens is 1. The van der Waals surface area contributed by atoms with E-state index in [-0.39, 0.29) is 23.7 Å². The Balaban J connectivity index is 1.29. The molecule has 0 saturated carbocycles. The summed E-state index contributed by atoms with van der Waals surface area (Å²) >= 11 is 5.97. The van der Waals surface area contributed by atoms with Crippen LogP contribution in [0.25, 0.3) is 11.3 Å². The molecule has 1 aliphatic rings. The van der Waals surface area contributed by atoms with Crippen molar-refractivity contribution in [2.45, 2.75) is 39.2 Å². The average Bonchev–Trinajstić information content (AvgIpc) is 3.30. The summed E-state index contributed by atoms with van der Waals surface area (Å²) in [5, 5.41) is 3.52.